The number of fused-ring (bicyclic) bond motifs is 11. The molecule has 196 valence electrons. The van der Waals surface area contributed by atoms with Crippen LogP contribution in [0.4, 0.5) is 11.4 Å². The van der Waals surface area contributed by atoms with Crippen LogP contribution in [0.5, 0.6) is 0 Å². The molecule has 0 aromatic heterocycles. The minimum atomic E-state index is -0.334. The van der Waals surface area contributed by atoms with Gasteiger partial charge in [0.25, 0.3) is 0 Å². The molecule has 42 heavy (non-hydrogen) atoms. The maximum atomic E-state index is 3.66. The van der Waals surface area contributed by atoms with E-state index in [0.717, 1.165) is 11.4 Å². The molecule has 1 spiro atoms. The molecule has 2 aliphatic carbocycles. The highest BCUT2D eigenvalue weighted by atomic mass is 14.9. The average molecular weight is 534 g/mol. The summed E-state index contributed by atoms with van der Waals surface area (Å²) in [5.41, 5.74) is 15.2. The maximum Gasteiger partial charge on any atom is 0.0725 e. The van der Waals surface area contributed by atoms with Crippen molar-refractivity contribution in [2.45, 2.75) is 5.41 Å². The first-order valence-corrected chi connectivity index (χ1v) is 14.6. The van der Waals surface area contributed by atoms with Gasteiger partial charge < -0.3 is 5.32 Å². The molecule has 0 amide bonds. The van der Waals surface area contributed by atoms with E-state index < -0.39 is 0 Å². The van der Waals surface area contributed by atoms with Crippen molar-refractivity contribution in [1.82, 2.24) is 0 Å². The van der Waals surface area contributed by atoms with Gasteiger partial charge in [-0.1, -0.05) is 140 Å². The van der Waals surface area contributed by atoms with Crippen molar-refractivity contribution >= 4 is 22.1 Å². The van der Waals surface area contributed by atoms with E-state index in [-0.39, 0.29) is 5.41 Å². The highest BCUT2D eigenvalue weighted by Crippen LogP contribution is 2.64. The molecule has 1 heteroatoms. The summed E-state index contributed by atoms with van der Waals surface area (Å²) < 4.78 is 0. The Labute approximate surface area is 245 Å². The number of rotatable bonds is 3. The van der Waals surface area contributed by atoms with Crippen molar-refractivity contribution in [2.24, 2.45) is 0 Å². The molecular formula is C41H27N. The van der Waals surface area contributed by atoms with Crippen LogP contribution in [0.3, 0.4) is 0 Å². The van der Waals surface area contributed by atoms with Crippen LogP contribution in [-0.4, -0.2) is 0 Å². The minimum absolute atomic E-state index is 0.334. The summed E-state index contributed by atoms with van der Waals surface area (Å²) in [7, 11) is 0. The number of hydrogen-bond donors (Lipinski definition) is 1. The van der Waals surface area contributed by atoms with Crippen LogP contribution in [0.1, 0.15) is 22.3 Å². The van der Waals surface area contributed by atoms with Gasteiger partial charge >= 0.3 is 0 Å². The lowest BCUT2D eigenvalue weighted by molar-refractivity contribution is 0.794. The summed E-state index contributed by atoms with van der Waals surface area (Å²) in [5, 5.41) is 6.12. The number of hydrogen-bond acceptors (Lipinski definition) is 1. The zero-order valence-corrected chi connectivity index (χ0v) is 23.0. The van der Waals surface area contributed by atoms with Crippen molar-refractivity contribution in [1.29, 1.82) is 0 Å². The zero-order valence-electron chi connectivity index (χ0n) is 23.0. The second kappa shape index (κ2) is 8.80. The fraction of sp³-hybridized carbons (Fsp3) is 0.0244. The summed E-state index contributed by atoms with van der Waals surface area (Å²) in [4.78, 5) is 0. The monoisotopic (exact) mass is 533 g/mol. The van der Waals surface area contributed by atoms with Gasteiger partial charge in [-0.15, -0.1) is 0 Å². The fourth-order valence-electron chi connectivity index (χ4n) is 7.69. The molecule has 2 aliphatic rings. The molecule has 0 fully saturated rings. The van der Waals surface area contributed by atoms with Crippen molar-refractivity contribution in [3.8, 4) is 33.4 Å². The van der Waals surface area contributed by atoms with Crippen LogP contribution in [0.2, 0.25) is 0 Å². The van der Waals surface area contributed by atoms with Crippen LogP contribution in [0, 0.1) is 0 Å². The minimum Gasteiger partial charge on any atom is -0.355 e. The van der Waals surface area contributed by atoms with E-state index in [1.807, 2.05) is 6.07 Å². The Balaban J connectivity index is 1.34. The normalized spacial score (nSPS) is 13.4. The van der Waals surface area contributed by atoms with E-state index in [2.05, 4.69) is 157 Å². The van der Waals surface area contributed by atoms with Crippen LogP contribution in [0.25, 0.3) is 44.2 Å². The van der Waals surface area contributed by atoms with E-state index >= 15 is 0 Å². The zero-order chi connectivity index (χ0) is 27.7. The number of para-hydroxylation sites is 1. The van der Waals surface area contributed by atoms with E-state index in [1.54, 1.807) is 0 Å². The maximum absolute atomic E-state index is 3.66. The number of anilines is 2. The fourth-order valence-corrected chi connectivity index (χ4v) is 7.69. The Hall–Kier alpha value is -5.40. The van der Waals surface area contributed by atoms with Gasteiger partial charge in [0.15, 0.2) is 0 Å². The Morgan fingerprint density at radius 1 is 0.333 bits per heavy atom. The molecule has 7 aromatic carbocycles. The van der Waals surface area contributed by atoms with Crippen LogP contribution in [-0.2, 0) is 5.41 Å². The lowest BCUT2D eigenvalue weighted by Crippen LogP contribution is -2.25. The molecule has 0 atom stereocenters. The van der Waals surface area contributed by atoms with E-state index in [9.17, 15) is 0 Å². The van der Waals surface area contributed by atoms with Crippen molar-refractivity contribution < 1.29 is 0 Å². The Morgan fingerprint density at radius 3 is 1.57 bits per heavy atom. The van der Waals surface area contributed by atoms with Crippen molar-refractivity contribution in [3.05, 3.63) is 180 Å². The van der Waals surface area contributed by atoms with E-state index in [1.165, 1.54) is 66.4 Å². The molecule has 0 bridgehead atoms. The molecule has 1 N–H and O–H groups in total. The molecular weight excluding hydrogens is 506 g/mol. The van der Waals surface area contributed by atoms with Gasteiger partial charge in [0, 0.05) is 16.8 Å². The number of nitrogens with one attached hydrogen (secondary N) is 1. The highest BCUT2D eigenvalue weighted by Gasteiger charge is 2.51. The highest BCUT2D eigenvalue weighted by molar-refractivity contribution is 6.08. The summed E-state index contributed by atoms with van der Waals surface area (Å²) in [5.74, 6) is 0. The molecule has 0 aliphatic heterocycles. The standard InChI is InChI=1S/C41H27N/c1-2-13-27(14-3-1)42-39-26-25-29(28-15-4-5-18-32(28)39)33-20-12-24-38-40(33)34-19-8-11-23-37(34)41(38)35-21-9-6-16-30(35)31-17-7-10-22-36(31)41/h1-26,42H. The lowest BCUT2D eigenvalue weighted by Gasteiger charge is -2.30. The van der Waals surface area contributed by atoms with Gasteiger partial charge in [-0.3, -0.25) is 0 Å². The SMILES string of the molecule is c1ccc(Nc2ccc(-c3cccc4c3-c3ccccc3C43c4ccccc4-c4ccccc43)c3ccccc23)cc1. The van der Waals surface area contributed by atoms with Crippen molar-refractivity contribution in [2.75, 3.05) is 5.32 Å². The first-order valence-electron chi connectivity index (χ1n) is 14.6. The molecule has 0 radical (unpaired) electrons. The largest absolute Gasteiger partial charge is 0.355 e. The molecule has 0 saturated carbocycles. The summed E-state index contributed by atoms with van der Waals surface area (Å²) in [6.45, 7) is 0. The Morgan fingerprint density at radius 2 is 0.857 bits per heavy atom. The van der Waals surface area contributed by atoms with Gasteiger partial charge in [-0.25, -0.2) is 0 Å². The van der Waals surface area contributed by atoms with Crippen LogP contribution < -0.4 is 5.32 Å². The molecule has 0 saturated heterocycles. The van der Waals surface area contributed by atoms with Gasteiger partial charge in [-0.05, 0) is 79.2 Å². The molecule has 7 aromatic rings. The van der Waals surface area contributed by atoms with E-state index in [4.69, 9.17) is 0 Å². The molecule has 0 heterocycles. The topological polar surface area (TPSA) is 12.0 Å². The smallest absolute Gasteiger partial charge is 0.0725 e. The quantitative estimate of drug-likeness (QED) is 0.238. The predicted octanol–water partition coefficient (Wildman–Crippen LogP) is 10.6. The third-order valence-electron chi connectivity index (χ3n) is 9.29. The van der Waals surface area contributed by atoms with Crippen molar-refractivity contribution in [3.63, 3.8) is 0 Å². The molecule has 9 rings (SSSR count). The predicted molar refractivity (Wildman–Crippen MR) is 175 cm³/mol. The first kappa shape index (κ1) is 23.3. The Bertz CT molecular complexity index is 2130. The first-order chi connectivity index (χ1) is 20.9. The third kappa shape index (κ3) is 3.03. The molecule has 1 nitrogen and oxygen atoms in total. The number of benzene rings is 7. The van der Waals surface area contributed by atoms with Gasteiger partial charge in [-0.2, -0.15) is 0 Å². The van der Waals surface area contributed by atoms with Crippen LogP contribution >= 0.6 is 0 Å². The van der Waals surface area contributed by atoms with Gasteiger partial charge in [0.1, 0.15) is 0 Å². The summed E-state index contributed by atoms with van der Waals surface area (Å²) in [6, 6.07) is 57.7. The average Bonchev–Trinajstić information content (AvgIpc) is 3.53. The Kier molecular flexibility index (Phi) is 4.88. The third-order valence-corrected chi connectivity index (χ3v) is 9.29. The lowest BCUT2D eigenvalue weighted by atomic mass is 9.70. The van der Waals surface area contributed by atoms with E-state index in [0.29, 0.717) is 0 Å². The van der Waals surface area contributed by atoms with Crippen LogP contribution in [0.15, 0.2) is 158 Å². The summed E-state index contributed by atoms with van der Waals surface area (Å²) >= 11 is 0. The second-order valence-electron chi connectivity index (χ2n) is 11.3. The van der Waals surface area contributed by atoms with Gasteiger partial charge in [0.2, 0.25) is 0 Å². The second-order valence-corrected chi connectivity index (χ2v) is 11.3. The summed E-state index contributed by atoms with van der Waals surface area (Å²) in [6.07, 6.45) is 0. The molecule has 0 unspecified atom stereocenters. The van der Waals surface area contributed by atoms with Gasteiger partial charge in [0.05, 0.1) is 5.41 Å².